The lowest BCUT2D eigenvalue weighted by Crippen LogP contribution is -2.18. The molecule has 0 spiro atoms. The van der Waals surface area contributed by atoms with Gasteiger partial charge in [0.2, 0.25) is 0 Å². The molecule has 0 aromatic heterocycles. The molecule has 0 aliphatic heterocycles. The maximum Gasteiger partial charge on any atom is 0.344 e. The molecule has 0 heterocycles. The van der Waals surface area contributed by atoms with Crippen molar-refractivity contribution in [3.8, 4) is 0 Å². The van der Waals surface area contributed by atoms with E-state index in [9.17, 15) is 9.90 Å². The zero-order valence-electron chi connectivity index (χ0n) is 7.46. The standard InChI is InChI=1S/C9H14O3/c1-4-6-8(10)7(5-2)9(11)12-3/h8,10H,2,4,6H2,1,3H3. The predicted molar refractivity (Wildman–Crippen MR) is 45.6 cm³/mol. The van der Waals surface area contributed by atoms with Crippen molar-refractivity contribution < 1.29 is 14.6 Å². The van der Waals surface area contributed by atoms with Gasteiger partial charge in [0.1, 0.15) is 5.57 Å². The van der Waals surface area contributed by atoms with Crippen LogP contribution in [0.25, 0.3) is 0 Å². The minimum absolute atomic E-state index is 0.111. The molecule has 0 aromatic carbocycles. The monoisotopic (exact) mass is 170 g/mol. The first-order valence-electron chi connectivity index (χ1n) is 3.83. The van der Waals surface area contributed by atoms with Gasteiger partial charge in [-0.1, -0.05) is 19.9 Å². The second kappa shape index (κ2) is 5.58. The Kier molecular flexibility index (Phi) is 5.09. The molecule has 1 N–H and O–H groups in total. The second-order valence-electron chi connectivity index (χ2n) is 2.39. The Hall–Kier alpha value is -1.05. The molecule has 68 valence electrons. The van der Waals surface area contributed by atoms with Gasteiger partial charge in [-0.2, -0.15) is 0 Å². The predicted octanol–water partition coefficient (Wildman–Crippen LogP) is 1.03. The van der Waals surface area contributed by atoms with Crippen molar-refractivity contribution in [3.63, 3.8) is 0 Å². The Labute approximate surface area is 72.3 Å². The molecule has 12 heavy (non-hydrogen) atoms. The first-order chi connectivity index (χ1) is 5.67. The molecule has 0 amide bonds. The molecule has 0 saturated carbocycles. The van der Waals surface area contributed by atoms with E-state index in [0.29, 0.717) is 6.42 Å². The fourth-order valence-electron chi connectivity index (χ4n) is 0.854. The van der Waals surface area contributed by atoms with Gasteiger partial charge >= 0.3 is 5.97 Å². The highest BCUT2D eigenvalue weighted by Gasteiger charge is 2.17. The quantitative estimate of drug-likeness (QED) is 0.389. The molecular weight excluding hydrogens is 156 g/mol. The molecular formula is C9H14O3. The van der Waals surface area contributed by atoms with E-state index in [0.717, 1.165) is 6.42 Å². The van der Waals surface area contributed by atoms with Crippen molar-refractivity contribution in [2.45, 2.75) is 25.9 Å². The van der Waals surface area contributed by atoms with Gasteiger partial charge in [0, 0.05) is 0 Å². The van der Waals surface area contributed by atoms with Gasteiger partial charge in [-0.05, 0) is 6.42 Å². The van der Waals surface area contributed by atoms with Crippen LogP contribution in [0.3, 0.4) is 0 Å². The maximum atomic E-state index is 10.9. The van der Waals surface area contributed by atoms with E-state index in [1.807, 2.05) is 6.92 Å². The number of methoxy groups -OCH3 is 1. The average Bonchev–Trinajstić information content (AvgIpc) is 2.06. The molecule has 0 aliphatic carbocycles. The molecule has 0 fully saturated rings. The third-order valence-electron chi connectivity index (χ3n) is 1.49. The van der Waals surface area contributed by atoms with Crippen LogP contribution in [0.15, 0.2) is 17.9 Å². The molecule has 1 atom stereocenters. The SMILES string of the molecule is C=C=C(C(=O)OC)C(O)CCC. The molecule has 1 unspecified atom stereocenters. The number of hydrogen-bond acceptors (Lipinski definition) is 3. The van der Waals surface area contributed by atoms with Gasteiger partial charge in [0.05, 0.1) is 13.2 Å². The Bertz CT molecular complexity index is 202. The lowest BCUT2D eigenvalue weighted by Gasteiger charge is -2.08. The van der Waals surface area contributed by atoms with Crippen LogP contribution < -0.4 is 0 Å². The van der Waals surface area contributed by atoms with Crippen LogP contribution in [0.2, 0.25) is 0 Å². The van der Waals surface area contributed by atoms with Crippen molar-refractivity contribution in [1.29, 1.82) is 0 Å². The lowest BCUT2D eigenvalue weighted by atomic mass is 10.1. The fourth-order valence-corrected chi connectivity index (χ4v) is 0.854. The van der Waals surface area contributed by atoms with Crippen LogP contribution in [0.1, 0.15) is 19.8 Å². The number of ether oxygens (including phenoxy) is 1. The fraction of sp³-hybridized carbons (Fsp3) is 0.556. The number of esters is 1. The molecule has 3 nitrogen and oxygen atoms in total. The van der Waals surface area contributed by atoms with Gasteiger partial charge in [-0.15, -0.1) is 5.73 Å². The Morgan fingerprint density at radius 3 is 2.67 bits per heavy atom. The molecule has 0 saturated heterocycles. The number of carbonyl (C=O) groups is 1. The molecule has 0 rings (SSSR count). The van der Waals surface area contributed by atoms with Crippen molar-refractivity contribution in [2.24, 2.45) is 0 Å². The largest absolute Gasteiger partial charge is 0.465 e. The van der Waals surface area contributed by atoms with Crippen LogP contribution in [0.4, 0.5) is 0 Å². The van der Waals surface area contributed by atoms with Crippen LogP contribution in [0.5, 0.6) is 0 Å². The number of hydrogen-bond donors (Lipinski definition) is 1. The van der Waals surface area contributed by atoms with Crippen molar-refractivity contribution in [1.82, 2.24) is 0 Å². The highest BCUT2D eigenvalue weighted by atomic mass is 16.5. The normalized spacial score (nSPS) is 11.6. The molecule has 0 aliphatic rings. The summed E-state index contributed by atoms with van der Waals surface area (Å²) in [4.78, 5) is 10.9. The summed E-state index contributed by atoms with van der Waals surface area (Å²) < 4.78 is 4.43. The Morgan fingerprint density at radius 2 is 2.33 bits per heavy atom. The van der Waals surface area contributed by atoms with Crippen molar-refractivity contribution in [2.75, 3.05) is 7.11 Å². The summed E-state index contributed by atoms with van der Waals surface area (Å²) in [5, 5.41) is 9.37. The highest BCUT2D eigenvalue weighted by molar-refractivity contribution is 5.89. The first kappa shape index (κ1) is 11.0. The molecule has 3 heteroatoms. The van der Waals surface area contributed by atoms with Crippen LogP contribution in [-0.2, 0) is 9.53 Å². The number of aliphatic hydroxyl groups excluding tert-OH is 1. The summed E-state index contributed by atoms with van der Waals surface area (Å²) in [5.41, 5.74) is 2.49. The minimum Gasteiger partial charge on any atom is -0.465 e. The number of aliphatic hydroxyl groups is 1. The van der Waals surface area contributed by atoms with E-state index >= 15 is 0 Å². The number of rotatable bonds is 4. The summed E-state index contributed by atoms with van der Waals surface area (Å²) in [6.45, 7) is 5.23. The van der Waals surface area contributed by atoms with E-state index in [1.165, 1.54) is 7.11 Å². The minimum atomic E-state index is -0.806. The van der Waals surface area contributed by atoms with Gasteiger partial charge in [0.15, 0.2) is 0 Å². The van der Waals surface area contributed by atoms with Gasteiger partial charge in [-0.3, -0.25) is 0 Å². The van der Waals surface area contributed by atoms with E-state index in [-0.39, 0.29) is 5.57 Å². The van der Waals surface area contributed by atoms with E-state index in [4.69, 9.17) is 0 Å². The zero-order chi connectivity index (χ0) is 9.56. The smallest absolute Gasteiger partial charge is 0.344 e. The van der Waals surface area contributed by atoms with Crippen LogP contribution in [-0.4, -0.2) is 24.3 Å². The van der Waals surface area contributed by atoms with E-state index < -0.39 is 12.1 Å². The van der Waals surface area contributed by atoms with Crippen molar-refractivity contribution >= 4 is 5.97 Å². The average molecular weight is 170 g/mol. The summed E-state index contributed by atoms with van der Waals surface area (Å²) in [7, 11) is 1.26. The maximum absolute atomic E-state index is 10.9. The summed E-state index contributed by atoms with van der Waals surface area (Å²) in [6.07, 6.45) is 0.510. The molecule has 0 aromatic rings. The van der Waals surface area contributed by atoms with E-state index in [2.05, 4.69) is 17.0 Å². The van der Waals surface area contributed by atoms with Crippen LogP contribution >= 0.6 is 0 Å². The summed E-state index contributed by atoms with van der Waals surface area (Å²) >= 11 is 0. The Morgan fingerprint density at radius 1 is 1.75 bits per heavy atom. The third-order valence-corrected chi connectivity index (χ3v) is 1.49. The zero-order valence-corrected chi connectivity index (χ0v) is 7.46. The van der Waals surface area contributed by atoms with Crippen molar-refractivity contribution in [3.05, 3.63) is 17.9 Å². The summed E-state index contributed by atoms with van der Waals surface area (Å²) in [5.74, 6) is -0.564. The van der Waals surface area contributed by atoms with Gasteiger partial charge < -0.3 is 9.84 Å². The topological polar surface area (TPSA) is 46.5 Å². The Balaban J connectivity index is 4.36. The summed E-state index contributed by atoms with van der Waals surface area (Å²) in [6, 6.07) is 0. The first-order valence-corrected chi connectivity index (χ1v) is 3.83. The van der Waals surface area contributed by atoms with Gasteiger partial charge in [-0.25, -0.2) is 4.79 Å². The second-order valence-corrected chi connectivity index (χ2v) is 2.39. The van der Waals surface area contributed by atoms with Gasteiger partial charge in [0.25, 0.3) is 0 Å². The van der Waals surface area contributed by atoms with E-state index in [1.54, 1.807) is 0 Å². The molecule has 0 bridgehead atoms. The lowest BCUT2D eigenvalue weighted by molar-refractivity contribution is -0.137. The number of carbonyl (C=O) groups excluding carboxylic acids is 1. The third kappa shape index (κ3) is 2.91. The van der Waals surface area contributed by atoms with Crippen LogP contribution in [0, 0.1) is 0 Å². The highest BCUT2D eigenvalue weighted by Crippen LogP contribution is 2.08. The molecule has 0 radical (unpaired) electrons.